The van der Waals surface area contributed by atoms with Crippen LogP contribution in [0.4, 0.5) is 0 Å². The molecule has 0 radical (unpaired) electrons. The Kier molecular flexibility index (Phi) is 4.07. The molecule has 1 amide bonds. The first kappa shape index (κ1) is 13.2. The lowest BCUT2D eigenvalue weighted by Crippen LogP contribution is -2.35. The highest BCUT2D eigenvalue weighted by Gasteiger charge is 2.46. The van der Waals surface area contributed by atoms with E-state index in [2.05, 4.69) is 0 Å². The van der Waals surface area contributed by atoms with E-state index in [-0.39, 0.29) is 17.6 Å². The molecule has 1 aliphatic carbocycles. The van der Waals surface area contributed by atoms with Crippen molar-refractivity contribution in [1.29, 1.82) is 0 Å². The third-order valence-electron chi connectivity index (χ3n) is 2.94. The number of rotatable bonds is 7. The van der Waals surface area contributed by atoms with Crippen molar-refractivity contribution in [1.82, 2.24) is 0 Å². The van der Waals surface area contributed by atoms with E-state index < -0.39 is 27.9 Å². The number of carbonyl (C=O) groups excluding carboxylic acids is 1. The quantitative estimate of drug-likeness (QED) is 0.674. The average Bonchev–Trinajstić information content (AvgIpc) is 2.83. The molecule has 2 atom stereocenters. The van der Waals surface area contributed by atoms with Gasteiger partial charge in [0, 0.05) is 16.6 Å². The molecule has 1 aliphatic rings. The molecule has 0 spiro atoms. The smallest absolute Gasteiger partial charge is 0.303 e. The number of hydrogen-bond acceptors (Lipinski definition) is 3. The first-order chi connectivity index (χ1) is 7.40. The van der Waals surface area contributed by atoms with E-state index in [4.69, 9.17) is 10.8 Å². The maximum absolute atomic E-state index is 11.9. The van der Waals surface area contributed by atoms with Gasteiger partial charge in [-0.2, -0.15) is 0 Å². The standard InChI is InChI=1S/C10H17NO4S/c1-2-7(9(11)14)16(15)6-10(3-4-10)5-8(12)13/h7H,2-6H2,1H3,(H2,11,14)(H,12,13). The first-order valence-electron chi connectivity index (χ1n) is 5.28. The molecule has 0 aliphatic heterocycles. The second-order valence-corrected chi connectivity index (χ2v) is 6.01. The SMILES string of the molecule is CCC(C(N)=O)S(=O)CC1(CC(=O)O)CC1. The van der Waals surface area contributed by atoms with Gasteiger partial charge in [-0.25, -0.2) is 0 Å². The number of carboxylic acid groups (broad SMARTS) is 1. The van der Waals surface area contributed by atoms with Crippen LogP contribution < -0.4 is 5.73 Å². The van der Waals surface area contributed by atoms with Crippen LogP contribution in [0.15, 0.2) is 0 Å². The van der Waals surface area contributed by atoms with Crippen LogP contribution in [-0.2, 0) is 20.4 Å². The van der Waals surface area contributed by atoms with Gasteiger partial charge in [0.1, 0.15) is 5.25 Å². The van der Waals surface area contributed by atoms with Crippen molar-refractivity contribution in [3.8, 4) is 0 Å². The topological polar surface area (TPSA) is 97.5 Å². The molecular weight excluding hydrogens is 230 g/mol. The van der Waals surface area contributed by atoms with Gasteiger partial charge in [0.15, 0.2) is 0 Å². The van der Waals surface area contributed by atoms with Crippen LogP contribution in [-0.4, -0.2) is 32.2 Å². The largest absolute Gasteiger partial charge is 0.481 e. The van der Waals surface area contributed by atoms with Gasteiger partial charge >= 0.3 is 5.97 Å². The highest BCUT2D eigenvalue weighted by molar-refractivity contribution is 7.86. The molecule has 0 saturated heterocycles. The zero-order valence-electron chi connectivity index (χ0n) is 9.27. The van der Waals surface area contributed by atoms with E-state index in [0.717, 1.165) is 12.8 Å². The van der Waals surface area contributed by atoms with Crippen molar-refractivity contribution in [2.24, 2.45) is 11.1 Å². The minimum Gasteiger partial charge on any atom is -0.481 e. The first-order valence-corrected chi connectivity index (χ1v) is 6.67. The summed E-state index contributed by atoms with van der Waals surface area (Å²) in [5, 5.41) is 8.07. The zero-order chi connectivity index (χ0) is 12.3. The van der Waals surface area contributed by atoms with Crippen molar-refractivity contribution < 1.29 is 18.9 Å². The predicted molar refractivity (Wildman–Crippen MR) is 60.2 cm³/mol. The summed E-state index contributed by atoms with van der Waals surface area (Å²) >= 11 is 0. The van der Waals surface area contributed by atoms with Gasteiger partial charge in [-0.15, -0.1) is 0 Å². The maximum Gasteiger partial charge on any atom is 0.303 e. The van der Waals surface area contributed by atoms with Crippen LogP contribution in [0, 0.1) is 5.41 Å². The van der Waals surface area contributed by atoms with Crippen molar-refractivity contribution in [2.75, 3.05) is 5.75 Å². The molecule has 2 unspecified atom stereocenters. The Morgan fingerprint density at radius 1 is 1.50 bits per heavy atom. The molecule has 1 saturated carbocycles. The van der Waals surface area contributed by atoms with Gasteiger partial charge in [0.05, 0.1) is 6.42 Å². The highest BCUT2D eigenvalue weighted by Crippen LogP contribution is 2.49. The molecule has 0 aromatic heterocycles. The summed E-state index contributed by atoms with van der Waals surface area (Å²) in [5.41, 5.74) is 4.79. The summed E-state index contributed by atoms with van der Waals surface area (Å²) in [7, 11) is -1.35. The third-order valence-corrected chi connectivity index (χ3v) is 5.03. The molecule has 0 bridgehead atoms. The Hall–Kier alpha value is -0.910. The molecule has 3 N–H and O–H groups in total. The molecule has 6 heteroatoms. The summed E-state index contributed by atoms with van der Waals surface area (Å²) in [6, 6.07) is 0. The van der Waals surface area contributed by atoms with Gasteiger partial charge in [0.2, 0.25) is 5.91 Å². The molecule has 0 aromatic carbocycles. The monoisotopic (exact) mass is 247 g/mol. The van der Waals surface area contributed by atoms with E-state index >= 15 is 0 Å². The third kappa shape index (κ3) is 3.30. The number of aliphatic carboxylic acids is 1. The van der Waals surface area contributed by atoms with Crippen LogP contribution in [0.1, 0.15) is 32.6 Å². The Morgan fingerprint density at radius 3 is 2.38 bits per heavy atom. The van der Waals surface area contributed by atoms with Crippen molar-refractivity contribution in [2.45, 2.75) is 37.9 Å². The number of carboxylic acids is 1. The Labute approximate surface area is 96.8 Å². The van der Waals surface area contributed by atoms with Crippen LogP contribution >= 0.6 is 0 Å². The van der Waals surface area contributed by atoms with Crippen LogP contribution in [0.3, 0.4) is 0 Å². The number of amides is 1. The summed E-state index contributed by atoms with van der Waals surface area (Å²) in [6.07, 6.45) is 2.03. The number of carbonyl (C=O) groups is 2. The van der Waals surface area contributed by atoms with Crippen molar-refractivity contribution in [3.63, 3.8) is 0 Å². The lowest BCUT2D eigenvalue weighted by molar-refractivity contribution is -0.138. The molecule has 0 aromatic rings. The fraction of sp³-hybridized carbons (Fsp3) is 0.800. The molecule has 1 rings (SSSR count). The van der Waals surface area contributed by atoms with E-state index in [1.807, 2.05) is 0 Å². The second-order valence-electron chi connectivity index (χ2n) is 4.39. The Bertz CT molecular complexity index is 325. The lowest BCUT2D eigenvalue weighted by Gasteiger charge is -2.16. The maximum atomic E-state index is 11.9. The average molecular weight is 247 g/mol. The zero-order valence-corrected chi connectivity index (χ0v) is 10.1. The Morgan fingerprint density at radius 2 is 2.06 bits per heavy atom. The lowest BCUT2D eigenvalue weighted by atomic mass is 10.1. The highest BCUT2D eigenvalue weighted by atomic mass is 32.2. The Balaban J connectivity index is 2.57. The minimum absolute atomic E-state index is 0.0357. The summed E-state index contributed by atoms with van der Waals surface area (Å²) in [6.45, 7) is 1.75. The van der Waals surface area contributed by atoms with Crippen LogP contribution in [0.2, 0.25) is 0 Å². The molecular formula is C10H17NO4S. The number of primary amides is 1. The fourth-order valence-corrected chi connectivity index (χ4v) is 3.62. The van der Waals surface area contributed by atoms with E-state index in [0.29, 0.717) is 6.42 Å². The van der Waals surface area contributed by atoms with Crippen LogP contribution in [0.25, 0.3) is 0 Å². The number of nitrogens with two attached hydrogens (primary N) is 1. The summed E-state index contributed by atoms with van der Waals surface area (Å²) < 4.78 is 11.9. The molecule has 16 heavy (non-hydrogen) atoms. The minimum atomic E-state index is -1.35. The van der Waals surface area contributed by atoms with Gasteiger partial charge in [0.25, 0.3) is 0 Å². The normalized spacial score (nSPS) is 21.1. The van der Waals surface area contributed by atoms with Gasteiger partial charge in [-0.05, 0) is 24.7 Å². The van der Waals surface area contributed by atoms with E-state index in [1.54, 1.807) is 6.92 Å². The van der Waals surface area contributed by atoms with Crippen LogP contribution in [0.5, 0.6) is 0 Å². The van der Waals surface area contributed by atoms with E-state index in [9.17, 15) is 13.8 Å². The second kappa shape index (κ2) is 4.95. The number of hydrogen-bond donors (Lipinski definition) is 2. The summed E-state index contributed by atoms with van der Waals surface area (Å²) in [4.78, 5) is 21.6. The molecule has 1 fully saturated rings. The van der Waals surface area contributed by atoms with Gasteiger partial charge < -0.3 is 10.8 Å². The van der Waals surface area contributed by atoms with Gasteiger partial charge in [-0.3, -0.25) is 13.8 Å². The fourth-order valence-electron chi connectivity index (χ4n) is 1.79. The molecule has 92 valence electrons. The molecule has 5 nitrogen and oxygen atoms in total. The van der Waals surface area contributed by atoms with Crippen molar-refractivity contribution >= 4 is 22.7 Å². The van der Waals surface area contributed by atoms with Crippen molar-refractivity contribution in [3.05, 3.63) is 0 Å². The summed E-state index contributed by atoms with van der Waals surface area (Å²) in [5.74, 6) is -1.16. The van der Waals surface area contributed by atoms with Gasteiger partial charge in [-0.1, -0.05) is 6.92 Å². The predicted octanol–water partition coefficient (Wildman–Crippen LogP) is 0.254. The van der Waals surface area contributed by atoms with E-state index in [1.165, 1.54) is 0 Å². The molecule has 0 heterocycles.